The van der Waals surface area contributed by atoms with Crippen molar-refractivity contribution in [2.45, 2.75) is 18.9 Å². The lowest BCUT2D eigenvalue weighted by Gasteiger charge is -2.35. The summed E-state index contributed by atoms with van der Waals surface area (Å²) in [5.41, 5.74) is 2.71. The number of hydrogen-bond acceptors (Lipinski definition) is 7. The molecule has 3 heterocycles. The minimum atomic E-state index is -0.0239. The molecule has 0 bridgehead atoms. The monoisotopic (exact) mass is 344 g/mol. The quantitative estimate of drug-likeness (QED) is 0.522. The molecule has 0 saturated carbocycles. The number of oxime groups is 1. The summed E-state index contributed by atoms with van der Waals surface area (Å²) in [5, 5.41) is 12.9. The SMILES string of the molecule is COc1c2c(cc3c1[C@@H](C/C(=N\O)c1ccco1)N(C)CC3)OCO2. The van der Waals surface area contributed by atoms with Crippen molar-refractivity contribution >= 4 is 5.71 Å². The second-order valence-corrected chi connectivity index (χ2v) is 6.19. The Hall–Kier alpha value is -2.67. The molecule has 2 aliphatic heterocycles. The van der Waals surface area contributed by atoms with E-state index in [2.05, 4.69) is 17.1 Å². The minimum Gasteiger partial charge on any atom is -0.492 e. The van der Waals surface area contributed by atoms with Gasteiger partial charge in [0.25, 0.3) is 0 Å². The van der Waals surface area contributed by atoms with Crippen molar-refractivity contribution in [2.24, 2.45) is 5.16 Å². The number of rotatable bonds is 4. The van der Waals surface area contributed by atoms with Crippen molar-refractivity contribution in [3.63, 3.8) is 0 Å². The number of furan rings is 1. The molecule has 2 aliphatic rings. The Morgan fingerprint density at radius 1 is 1.44 bits per heavy atom. The third-order valence-electron chi connectivity index (χ3n) is 4.86. The molecule has 0 amide bonds. The van der Waals surface area contributed by atoms with Crippen LogP contribution in [0.1, 0.15) is 29.3 Å². The highest BCUT2D eigenvalue weighted by molar-refractivity contribution is 5.98. The molecular formula is C18H20N2O5. The van der Waals surface area contributed by atoms with Crippen molar-refractivity contribution in [1.29, 1.82) is 0 Å². The van der Waals surface area contributed by atoms with E-state index < -0.39 is 0 Å². The van der Waals surface area contributed by atoms with Crippen LogP contribution in [0.15, 0.2) is 34.0 Å². The largest absolute Gasteiger partial charge is 0.492 e. The molecule has 0 saturated heterocycles. The number of nitrogens with zero attached hydrogens (tertiary/aromatic N) is 2. The fourth-order valence-corrected chi connectivity index (χ4v) is 3.60. The van der Waals surface area contributed by atoms with Crippen LogP contribution in [0.2, 0.25) is 0 Å². The maximum Gasteiger partial charge on any atom is 0.231 e. The molecule has 4 rings (SSSR count). The molecule has 1 N–H and O–H groups in total. The van der Waals surface area contributed by atoms with E-state index in [1.165, 1.54) is 5.56 Å². The Morgan fingerprint density at radius 3 is 3.04 bits per heavy atom. The number of hydrogen-bond donors (Lipinski definition) is 1. The first kappa shape index (κ1) is 15.8. The van der Waals surface area contributed by atoms with E-state index in [1.54, 1.807) is 25.5 Å². The van der Waals surface area contributed by atoms with Gasteiger partial charge in [0.15, 0.2) is 17.3 Å². The maximum absolute atomic E-state index is 9.48. The van der Waals surface area contributed by atoms with Gasteiger partial charge in [-0.1, -0.05) is 5.16 Å². The number of likely N-dealkylation sites (N-methyl/N-ethyl adjacent to an activating group) is 1. The van der Waals surface area contributed by atoms with E-state index >= 15 is 0 Å². The highest BCUT2D eigenvalue weighted by Gasteiger charge is 2.35. The first-order valence-electron chi connectivity index (χ1n) is 8.17. The van der Waals surface area contributed by atoms with Gasteiger partial charge < -0.3 is 23.8 Å². The third-order valence-corrected chi connectivity index (χ3v) is 4.86. The van der Waals surface area contributed by atoms with Gasteiger partial charge in [0, 0.05) is 24.6 Å². The first-order chi connectivity index (χ1) is 12.2. The zero-order chi connectivity index (χ0) is 17.4. The van der Waals surface area contributed by atoms with Crippen LogP contribution in [0.4, 0.5) is 0 Å². The fraction of sp³-hybridized carbons (Fsp3) is 0.389. The summed E-state index contributed by atoms with van der Waals surface area (Å²) in [6.45, 7) is 1.09. The summed E-state index contributed by atoms with van der Waals surface area (Å²) in [6.07, 6.45) is 2.95. The number of fused-ring (bicyclic) bond motifs is 2. The van der Waals surface area contributed by atoms with E-state index in [0.29, 0.717) is 29.4 Å². The van der Waals surface area contributed by atoms with Crippen LogP contribution in [0.5, 0.6) is 17.2 Å². The van der Waals surface area contributed by atoms with Gasteiger partial charge in [-0.05, 0) is 37.2 Å². The van der Waals surface area contributed by atoms with Crippen molar-refractivity contribution in [1.82, 2.24) is 4.90 Å². The molecule has 2 aromatic rings. The summed E-state index contributed by atoms with van der Waals surface area (Å²) in [4.78, 5) is 2.22. The Balaban J connectivity index is 1.77. The zero-order valence-corrected chi connectivity index (χ0v) is 14.2. The molecule has 7 heteroatoms. The number of methoxy groups -OCH3 is 1. The molecule has 0 aliphatic carbocycles. The zero-order valence-electron chi connectivity index (χ0n) is 14.2. The fourth-order valence-electron chi connectivity index (χ4n) is 3.60. The molecule has 0 unspecified atom stereocenters. The molecule has 7 nitrogen and oxygen atoms in total. The Bertz CT molecular complexity index is 800. The molecule has 0 spiro atoms. The maximum atomic E-state index is 9.48. The molecule has 1 aromatic heterocycles. The lowest BCUT2D eigenvalue weighted by Crippen LogP contribution is -2.34. The molecular weight excluding hydrogens is 324 g/mol. The van der Waals surface area contributed by atoms with Crippen LogP contribution in [-0.2, 0) is 6.42 Å². The molecule has 1 aromatic carbocycles. The van der Waals surface area contributed by atoms with Crippen LogP contribution in [0.3, 0.4) is 0 Å². The van der Waals surface area contributed by atoms with E-state index in [1.807, 2.05) is 6.07 Å². The summed E-state index contributed by atoms with van der Waals surface area (Å²) in [5.74, 6) is 2.61. The minimum absolute atomic E-state index is 0.0239. The van der Waals surface area contributed by atoms with Crippen LogP contribution >= 0.6 is 0 Å². The summed E-state index contributed by atoms with van der Waals surface area (Å²) in [6, 6.07) is 5.57. The van der Waals surface area contributed by atoms with Gasteiger partial charge >= 0.3 is 0 Å². The average molecular weight is 344 g/mol. The molecule has 1 atom stereocenters. The first-order valence-corrected chi connectivity index (χ1v) is 8.17. The van der Waals surface area contributed by atoms with Crippen molar-refractivity contribution < 1.29 is 23.8 Å². The highest BCUT2D eigenvalue weighted by Crippen LogP contribution is 2.50. The Morgan fingerprint density at radius 2 is 2.32 bits per heavy atom. The molecule has 25 heavy (non-hydrogen) atoms. The second kappa shape index (κ2) is 6.33. The summed E-state index contributed by atoms with van der Waals surface area (Å²) in [7, 11) is 3.69. The van der Waals surface area contributed by atoms with E-state index in [4.69, 9.17) is 18.6 Å². The number of ether oxygens (including phenoxy) is 3. The Kier molecular flexibility index (Phi) is 4.01. The topological polar surface area (TPSA) is 76.7 Å². The smallest absolute Gasteiger partial charge is 0.231 e. The van der Waals surface area contributed by atoms with Crippen molar-refractivity contribution in [2.75, 3.05) is 27.5 Å². The van der Waals surface area contributed by atoms with E-state index in [-0.39, 0.29) is 12.8 Å². The highest BCUT2D eigenvalue weighted by atomic mass is 16.7. The second-order valence-electron chi connectivity index (χ2n) is 6.19. The normalized spacial score (nSPS) is 19.8. The van der Waals surface area contributed by atoms with E-state index in [0.717, 1.165) is 24.3 Å². The lowest BCUT2D eigenvalue weighted by molar-refractivity contribution is 0.170. The van der Waals surface area contributed by atoms with Crippen LogP contribution in [0.25, 0.3) is 0 Å². The predicted molar refractivity (Wildman–Crippen MR) is 89.8 cm³/mol. The van der Waals surface area contributed by atoms with Crippen LogP contribution in [-0.4, -0.2) is 43.3 Å². The standard InChI is InChI=1S/C18H20N2O5/c1-20-6-5-11-8-15-17(25-10-24-15)18(22-2)16(11)13(20)9-12(19-21)14-4-3-7-23-14/h3-4,7-8,13,21H,5-6,9-10H2,1-2H3/b19-12+/t13-/m1/s1. The number of benzene rings is 1. The van der Waals surface area contributed by atoms with Crippen molar-refractivity contribution in [3.8, 4) is 17.2 Å². The average Bonchev–Trinajstić information content (AvgIpc) is 3.30. The third kappa shape index (κ3) is 2.60. The summed E-state index contributed by atoms with van der Waals surface area (Å²) >= 11 is 0. The molecule has 132 valence electrons. The predicted octanol–water partition coefficient (Wildman–Crippen LogP) is 2.81. The molecule has 0 radical (unpaired) electrons. The van der Waals surface area contributed by atoms with Crippen LogP contribution in [0, 0.1) is 0 Å². The van der Waals surface area contributed by atoms with Gasteiger partial charge in [-0.15, -0.1) is 0 Å². The van der Waals surface area contributed by atoms with Gasteiger partial charge in [-0.2, -0.15) is 0 Å². The molecule has 0 fully saturated rings. The van der Waals surface area contributed by atoms with Gasteiger partial charge in [0.05, 0.1) is 13.4 Å². The van der Waals surface area contributed by atoms with Gasteiger partial charge in [0.1, 0.15) is 5.71 Å². The van der Waals surface area contributed by atoms with Crippen LogP contribution < -0.4 is 14.2 Å². The van der Waals surface area contributed by atoms with E-state index in [9.17, 15) is 5.21 Å². The lowest BCUT2D eigenvalue weighted by atomic mass is 9.88. The summed E-state index contributed by atoms with van der Waals surface area (Å²) < 4.78 is 22.2. The van der Waals surface area contributed by atoms with Gasteiger partial charge in [0.2, 0.25) is 12.5 Å². The van der Waals surface area contributed by atoms with Crippen molar-refractivity contribution in [3.05, 3.63) is 41.3 Å². The van der Waals surface area contributed by atoms with Gasteiger partial charge in [-0.3, -0.25) is 4.90 Å². The van der Waals surface area contributed by atoms with Gasteiger partial charge in [-0.25, -0.2) is 0 Å². The Labute approximate surface area is 145 Å².